The molecule has 1 amide bonds. The number of nitrogens with one attached hydrogen (secondary N) is 1. The largest absolute Gasteiger partial charge is 0.312 e. The van der Waals surface area contributed by atoms with Crippen LogP contribution in [-0.2, 0) is 14.8 Å². The zero-order valence-corrected chi connectivity index (χ0v) is 14.6. The molecule has 2 aromatic carbocycles. The van der Waals surface area contributed by atoms with Crippen LogP contribution < -0.4 is 9.62 Å². The van der Waals surface area contributed by atoms with Gasteiger partial charge >= 0.3 is 0 Å². The highest BCUT2D eigenvalue weighted by Crippen LogP contribution is 2.28. The first-order valence-corrected chi connectivity index (χ1v) is 9.36. The smallest absolute Gasteiger partial charge is 0.261 e. The molecule has 1 saturated heterocycles. The lowest BCUT2D eigenvalue weighted by molar-refractivity contribution is -0.117. The summed E-state index contributed by atoms with van der Waals surface area (Å²) in [6, 6.07) is 12.1. The van der Waals surface area contributed by atoms with Gasteiger partial charge in [0.1, 0.15) is 0 Å². The van der Waals surface area contributed by atoms with Gasteiger partial charge in [-0.05, 0) is 50.1 Å². The molecule has 126 valence electrons. The van der Waals surface area contributed by atoms with Crippen molar-refractivity contribution in [3.63, 3.8) is 0 Å². The highest BCUT2D eigenvalue weighted by atomic mass is 32.2. The van der Waals surface area contributed by atoms with Crippen LogP contribution in [0, 0.1) is 13.8 Å². The van der Waals surface area contributed by atoms with E-state index in [9.17, 15) is 13.2 Å². The Bertz CT molecular complexity index is 874. The van der Waals surface area contributed by atoms with Crippen LogP contribution >= 0.6 is 0 Å². The van der Waals surface area contributed by atoms with Crippen LogP contribution in [0.5, 0.6) is 0 Å². The van der Waals surface area contributed by atoms with Crippen LogP contribution in [0.3, 0.4) is 0 Å². The van der Waals surface area contributed by atoms with Crippen molar-refractivity contribution >= 4 is 27.3 Å². The second kappa shape index (κ2) is 6.28. The third kappa shape index (κ3) is 3.28. The molecule has 0 bridgehead atoms. The molecule has 0 radical (unpaired) electrons. The molecule has 1 N–H and O–H groups in total. The molecule has 0 unspecified atom stereocenters. The molecule has 24 heavy (non-hydrogen) atoms. The van der Waals surface area contributed by atoms with Gasteiger partial charge in [-0.25, -0.2) is 8.42 Å². The van der Waals surface area contributed by atoms with Crippen molar-refractivity contribution in [3.05, 3.63) is 53.6 Å². The molecular formula is C18H20N2O3S. The van der Waals surface area contributed by atoms with Gasteiger partial charge in [0.2, 0.25) is 5.91 Å². The molecule has 0 aromatic heterocycles. The van der Waals surface area contributed by atoms with E-state index in [2.05, 4.69) is 4.72 Å². The maximum absolute atomic E-state index is 12.6. The SMILES string of the molecule is Cc1ccc(S(=O)(=O)Nc2cc(N3CCCC3=O)ccc2C)cc1. The molecular weight excluding hydrogens is 324 g/mol. The Kier molecular flexibility index (Phi) is 4.32. The molecule has 1 aliphatic rings. The van der Waals surface area contributed by atoms with E-state index in [1.54, 1.807) is 35.2 Å². The fourth-order valence-corrected chi connectivity index (χ4v) is 3.85. The number of carbonyl (C=O) groups is 1. The zero-order valence-electron chi connectivity index (χ0n) is 13.7. The van der Waals surface area contributed by atoms with Crippen LogP contribution in [-0.4, -0.2) is 20.9 Å². The van der Waals surface area contributed by atoms with Crippen molar-refractivity contribution < 1.29 is 13.2 Å². The summed E-state index contributed by atoms with van der Waals surface area (Å²) in [5, 5.41) is 0. The Balaban J connectivity index is 1.91. The standard InChI is InChI=1S/C18H20N2O3S/c1-13-5-9-16(10-6-13)24(22,23)19-17-12-15(8-7-14(17)2)20-11-3-4-18(20)21/h5-10,12,19H,3-4,11H2,1-2H3. The van der Waals surface area contributed by atoms with E-state index >= 15 is 0 Å². The summed E-state index contributed by atoms with van der Waals surface area (Å²) in [6.07, 6.45) is 1.37. The molecule has 0 spiro atoms. The fourth-order valence-electron chi connectivity index (χ4n) is 2.73. The Morgan fingerprint density at radius 1 is 1.04 bits per heavy atom. The number of anilines is 2. The van der Waals surface area contributed by atoms with Gasteiger partial charge in [-0.15, -0.1) is 0 Å². The van der Waals surface area contributed by atoms with Crippen molar-refractivity contribution in [2.24, 2.45) is 0 Å². The van der Waals surface area contributed by atoms with Gasteiger partial charge in [-0.2, -0.15) is 0 Å². The summed E-state index contributed by atoms with van der Waals surface area (Å²) in [7, 11) is -3.66. The van der Waals surface area contributed by atoms with E-state index in [0.29, 0.717) is 18.7 Å². The Labute approximate surface area is 142 Å². The summed E-state index contributed by atoms with van der Waals surface area (Å²) < 4.78 is 27.8. The number of carbonyl (C=O) groups excluding carboxylic acids is 1. The molecule has 3 rings (SSSR count). The van der Waals surface area contributed by atoms with Crippen molar-refractivity contribution in [1.29, 1.82) is 0 Å². The summed E-state index contributed by atoms with van der Waals surface area (Å²) in [5.74, 6) is 0.0752. The van der Waals surface area contributed by atoms with Crippen molar-refractivity contribution in [2.45, 2.75) is 31.6 Å². The second-order valence-corrected chi connectivity index (χ2v) is 7.75. The number of hydrogen-bond donors (Lipinski definition) is 1. The summed E-state index contributed by atoms with van der Waals surface area (Å²) in [4.78, 5) is 13.8. The third-order valence-corrected chi connectivity index (χ3v) is 5.56. The van der Waals surface area contributed by atoms with E-state index in [4.69, 9.17) is 0 Å². The predicted molar refractivity (Wildman–Crippen MR) is 94.8 cm³/mol. The second-order valence-electron chi connectivity index (χ2n) is 6.07. The first-order valence-electron chi connectivity index (χ1n) is 7.87. The van der Waals surface area contributed by atoms with Gasteiger partial charge in [-0.1, -0.05) is 23.8 Å². The van der Waals surface area contributed by atoms with Gasteiger partial charge in [0.05, 0.1) is 10.6 Å². The number of nitrogens with zero attached hydrogens (tertiary/aromatic N) is 1. The molecule has 6 heteroatoms. The minimum absolute atomic E-state index is 0.0752. The maximum atomic E-state index is 12.6. The van der Waals surface area contributed by atoms with Gasteiger partial charge in [0.25, 0.3) is 10.0 Å². The third-order valence-electron chi connectivity index (χ3n) is 4.18. The predicted octanol–water partition coefficient (Wildman–Crippen LogP) is 3.23. The first kappa shape index (κ1) is 16.5. The number of amides is 1. The minimum atomic E-state index is -3.66. The van der Waals surface area contributed by atoms with E-state index in [1.807, 2.05) is 26.0 Å². The van der Waals surface area contributed by atoms with Gasteiger partial charge in [0.15, 0.2) is 0 Å². The lowest BCUT2D eigenvalue weighted by Gasteiger charge is -2.18. The van der Waals surface area contributed by atoms with Crippen LogP contribution in [0.25, 0.3) is 0 Å². The Morgan fingerprint density at radius 3 is 2.38 bits per heavy atom. The van der Waals surface area contributed by atoms with E-state index < -0.39 is 10.0 Å². The number of aryl methyl sites for hydroxylation is 2. The summed E-state index contributed by atoms with van der Waals surface area (Å²) in [5.41, 5.74) is 3.03. The number of hydrogen-bond acceptors (Lipinski definition) is 3. The maximum Gasteiger partial charge on any atom is 0.261 e. The number of rotatable bonds is 4. The normalized spacial score (nSPS) is 14.9. The first-order chi connectivity index (χ1) is 11.4. The molecule has 5 nitrogen and oxygen atoms in total. The lowest BCUT2D eigenvalue weighted by Crippen LogP contribution is -2.24. The fraction of sp³-hybridized carbons (Fsp3) is 0.278. The van der Waals surface area contributed by atoms with Crippen molar-refractivity contribution in [3.8, 4) is 0 Å². The average molecular weight is 344 g/mol. The van der Waals surface area contributed by atoms with Crippen molar-refractivity contribution in [2.75, 3.05) is 16.2 Å². The van der Waals surface area contributed by atoms with Crippen molar-refractivity contribution in [1.82, 2.24) is 0 Å². The molecule has 0 atom stereocenters. The van der Waals surface area contributed by atoms with Gasteiger partial charge in [0, 0.05) is 18.7 Å². The average Bonchev–Trinajstić information content (AvgIpc) is 2.96. The molecule has 2 aromatic rings. The highest BCUT2D eigenvalue weighted by Gasteiger charge is 2.23. The topological polar surface area (TPSA) is 66.5 Å². The zero-order chi connectivity index (χ0) is 17.3. The molecule has 1 aliphatic heterocycles. The molecule has 0 saturated carbocycles. The lowest BCUT2D eigenvalue weighted by atomic mass is 10.2. The molecule has 0 aliphatic carbocycles. The minimum Gasteiger partial charge on any atom is -0.312 e. The van der Waals surface area contributed by atoms with E-state index in [1.165, 1.54) is 0 Å². The van der Waals surface area contributed by atoms with E-state index in [0.717, 1.165) is 23.2 Å². The summed E-state index contributed by atoms with van der Waals surface area (Å²) in [6.45, 7) is 4.42. The van der Waals surface area contributed by atoms with Crippen LogP contribution in [0.15, 0.2) is 47.4 Å². The monoisotopic (exact) mass is 344 g/mol. The Hall–Kier alpha value is -2.34. The Morgan fingerprint density at radius 2 is 1.75 bits per heavy atom. The highest BCUT2D eigenvalue weighted by molar-refractivity contribution is 7.92. The molecule has 1 fully saturated rings. The van der Waals surface area contributed by atoms with Crippen LogP contribution in [0.4, 0.5) is 11.4 Å². The quantitative estimate of drug-likeness (QED) is 0.926. The van der Waals surface area contributed by atoms with Gasteiger partial charge < -0.3 is 4.90 Å². The summed E-state index contributed by atoms with van der Waals surface area (Å²) >= 11 is 0. The number of benzene rings is 2. The molecule has 1 heterocycles. The van der Waals surface area contributed by atoms with Crippen LogP contribution in [0.1, 0.15) is 24.0 Å². The van der Waals surface area contributed by atoms with E-state index in [-0.39, 0.29) is 10.8 Å². The van der Waals surface area contributed by atoms with Gasteiger partial charge in [-0.3, -0.25) is 9.52 Å². The van der Waals surface area contributed by atoms with Crippen LogP contribution in [0.2, 0.25) is 0 Å². The number of sulfonamides is 1.